The van der Waals surface area contributed by atoms with E-state index >= 15 is 0 Å². The average molecular weight is 309 g/mol. The second-order valence-corrected chi connectivity index (χ2v) is 6.77. The lowest BCUT2D eigenvalue weighted by molar-refractivity contribution is 0.175. The lowest BCUT2D eigenvalue weighted by Crippen LogP contribution is -2.40. The summed E-state index contributed by atoms with van der Waals surface area (Å²) in [7, 11) is 0. The van der Waals surface area contributed by atoms with Crippen LogP contribution in [0.3, 0.4) is 0 Å². The van der Waals surface area contributed by atoms with Crippen molar-refractivity contribution in [2.24, 2.45) is 0 Å². The fourth-order valence-corrected chi connectivity index (χ4v) is 3.94. The molecule has 2 saturated heterocycles. The monoisotopic (exact) mass is 308 g/mol. The third-order valence-electron chi connectivity index (χ3n) is 4.87. The van der Waals surface area contributed by atoms with Gasteiger partial charge in [-0.1, -0.05) is 24.1 Å². The van der Waals surface area contributed by atoms with E-state index in [0.717, 1.165) is 18.7 Å². The molecule has 3 nitrogen and oxygen atoms in total. The molecule has 2 aliphatic heterocycles. The molecular weight excluding hydrogens is 284 g/mol. The van der Waals surface area contributed by atoms with Gasteiger partial charge in [0.05, 0.1) is 6.10 Å². The van der Waals surface area contributed by atoms with E-state index in [4.69, 9.17) is 11.6 Å². The van der Waals surface area contributed by atoms with Crippen molar-refractivity contribution in [2.45, 2.75) is 44.8 Å². The zero-order chi connectivity index (χ0) is 14.8. The first-order valence-corrected chi connectivity index (χ1v) is 8.49. The van der Waals surface area contributed by atoms with Gasteiger partial charge in [0.1, 0.15) is 0 Å². The normalized spacial score (nSPS) is 25.3. The van der Waals surface area contributed by atoms with Crippen LogP contribution in [0.4, 0.5) is 5.69 Å². The number of piperidine rings is 1. The highest BCUT2D eigenvalue weighted by Gasteiger charge is 2.28. The van der Waals surface area contributed by atoms with Crippen LogP contribution in [-0.2, 0) is 0 Å². The van der Waals surface area contributed by atoms with Crippen LogP contribution in [0.1, 0.15) is 44.3 Å². The third-order valence-corrected chi connectivity index (χ3v) is 5.20. The lowest BCUT2D eigenvalue weighted by Gasteiger charge is -2.32. The van der Waals surface area contributed by atoms with Gasteiger partial charge in [-0.05, 0) is 57.0 Å². The Balaban J connectivity index is 1.67. The molecule has 0 spiro atoms. The number of hydrogen-bond donors (Lipinski definition) is 1. The van der Waals surface area contributed by atoms with E-state index in [0.29, 0.717) is 11.1 Å². The molecule has 116 valence electrons. The number of likely N-dealkylation sites (tertiary alicyclic amines) is 1. The molecule has 3 rings (SSSR count). The van der Waals surface area contributed by atoms with Crippen LogP contribution in [0.2, 0.25) is 5.02 Å². The zero-order valence-corrected chi connectivity index (χ0v) is 13.5. The molecule has 2 unspecified atom stereocenters. The first-order chi connectivity index (χ1) is 10.1. The lowest BCUT2D eigenvalue weighted by atomic mass is 10.1. The van der Waals surface area contributed by atoms with E-state index in [1.165, 1.54) is 44.5 Å². The van der Waals surface area contributed by atoms with Crippen molar-refractivity contribution < 1.29 is 5.11 Å². The van der Waals surface area contributed by atoms with Gasteiger partial charge in [0.15, 0.2) is 0 Å². The molecule has 0 saturated carbocycles. The Labute approximate surface area is 132 Å². The number of aliphatic hydroxyl groups is 1. The Bertz CT molecular complexity index is 486. The largest absolute Gasteiger partial charge is 0.389 e. The Morgan fingerprint density at radius 3 is 2.62 bits per heavy atom. The number of aliphatic hydroxyl groups excluding tert-OH is 1. The number of benzene rings is 1. The van der Waals surface area contributed by atoms with E-state index in [2.05, 4.69) is 15.9 Å². The summed E-state index contributed by atoms with van der Waals surface area (Å²) in [6.45, 7) is 6.49. The fourth-order valence-electron chi connectivity index (χ4n) is 3.61. The molecule has 1 N–H and O–H groups in total. The van der Waals surface area contributed by atoms with Gasteiger partial charge in [0.25, 0.3) is 0 Å². The van der Waals surface area contributed by atoms with Gasteiger partial charge >= 0.3 is 0 Å². The van der Waals surface area contributed by atoms with Crippen molar-refractivity contribution in [3.05, 3.63) is 28.8 Å². The van der Waals surface area contributed by atoms with Gasteiger partial charge in [-0.2, -0.15) is 0 Å². The molecule has 0 amide bonds. The van der Waals surface area contributed by atoms with Gasteiger partial charge < -0.3 is 10.0 Å². The molecule has 2 fully saturated rings. The topological polar surface area (TPSA) is 26.7 Å². The molecule has 2 heterocycles. The summed E-state index contributed by atoms with van der Waals surface area (Å²) in [5, 5.41) is 10.3. The van der Waals surface area contributed by atoms with Crippen LogP contribution in [0.5, 0.6) is 0 Å². The van der Waals surface area contributed by atoms with E-state index in [9.17, 15) is 5.11 Å². The molecule has 0 aliphatic carbocycles. The number of anilines is 1. The standard InChI is InChI=1S/C17H25ClN2O/c1-13(21)16-6-5-14(11-17(16)18)20-10-7-15(12-20)19-8-3-2-4-9-19/h5-6,11,13,15,21H,2-4,7-10,12H2,1H3. The summed E-state index contributed by atoms with van der Waals surface area (Å²) in [6.07, 6.45) is 4.84. The molecule has 0 bridgehead atoms. The van der Waals surface area contributed by atoms with Crippen molar-refractivity contribution >= 4 is 17.3 Å². The van der Waals surface area contributed by atoms with Crippen molar-refractivity contribution in [1.29, 1.82) is 0 Å². The molecule has 0 aromatic heterocycles. The van der Waals surface area contributed by atoms with Crippen LogP contribution in [-0.4, -0.2) is 42.2 Å². The summed E-state index contributed by atoms with van der Waals surface area (Å²) in [6, 6.07) is 6.74. The van der Waals surface area contributed by atoms with E-state index in [-0.39, 0.29) is 0 Å². The SMILES string of the molecule is CC(O)c1ccc(N2CCC(N3CCCCC3)C2)cc1Cl. The van der Waals surface area contributed by atoms with Crippen LogP contribution in [0, 0.1) is 0 Å². The average Bonchev–Trinajstić information content (AvgIpc) is 2.97. The highest BCUT2D eigenvalue weighted by atomic mass is 35.5. The van der Waals surface area contributed by atoms with Gasteiger partial charge in [0.2, 0.25) is 0 Å². The smallest absolute Gasteiger partial charge is 0.0776 e. The first-order valence-electron chi connectivity index (χ1n) is 8.11. The summed E-state index contributed by atoms with van der Waals surface area (Å²) < 4.78 is 0. The van der Waals surface area contributed by atoms with E-state index < -0.39 is 6.10 Å². The number of hydrogen-bond acceptors (Lipinski definition) is 3. The minimum atomic E-state index is -0.508. The summed E-state index contributed by atoms with van der Waals surface area (Å²) in [5.41, 5.74) is 2.00. The molecule has 2 aliphatic rings. The maximum Gasteiger partial charge on any atom is 0.0776 e. The van der Waals surface area contributed by atoms with Gasteiger partial charge in [-0.3, -0.25) is 4.90 Å². The number of halogens is 1. The van der Waals surface area contributed by atoms with Gasteiger partial charge in [0, 0.05) is 29.8 Å². The van der Waals surface area contributed by atoms with Gasteiger partial charge in [-0.25, -0.2) is 0 Å². The molecule has 1 aromatic carbocycles. The van der Waals surface area contributed by atoms with E-state index in [1.54, 1.807) is 6.92 Å². The minimum absolute atomic E-state index is 0.508. The molecule has 2 atom stereocenters. The quantitative estimate of drug-likeness (QED) is 0.926. The Morgan fingerprint density at radius 2 is 1.95 bits per heavy atom. The van der Waals surface area contributed by atoms with Crippen LogP contribution < -0.4 is 4.90 Å². The van der Waals surface area contributed by atoms with Crippen LogP contribution in [0.25, 0.3) is 0 Å². The summed E-state index contributed by atoms with van der Waals surface area (Å²) in [5.74, 6) is 0. The Hall–Kier alpha value is -0.770. The number of nitrogens with zero attached hydrogens (tertiary/aromatic N) is 2. The van der Waals surface area contributed by atoms with Crippen LogP contribution >= 0.6 is 11.6 Å². The minimum Gasteiger partial charge on any atom is -0.389 e. The maximum atomic E-state index is 9.67. The van der Waals surface area contributed by atoms with Crippen LogP contribution in [0.15, 0.2) is 18.2 Å². The molecule has 0 radical (unpaired) electrons. The first kappa shape index (κ1) is 15.1. The molecule has 4 heteroatoms. The maximum absolute atomic E-state index is 9.67. The predicted molar refractivity (Wildman–Crippen MR) is 88.1 cm³/mol. The summed E-state index contributed by atoms with van der Waals surface area (Å²) >= 11 is 6.29. The highest BCUT2D eigenvalue weighted by Crippen LogP contribution is 2.30. The highest BCUT2D eigenvalue weighted by molar-refractivity contribution is 6.31. The molecule has 1 aromatic rings. The Morgan fingerprint density at radius 1 is 1.19 bits per heavy atom. The third kappa shape index (κ3) is 3.36. The van der Waals surface area contributed by atoms with E-state index in [1.807, 2.05) is 12.1 Å². The van der Waals surface area contributed by atoms with Gasteiger partial charge in [-0.15, -0.1) is 0 Å². The number of rotatable bonds is 3. The van der Waals surface area contributed by atoms with Crippen molar-refractivity contribution in [3.8, 4) is 0 Å². The van der Waals surface area contributed by atoms with Crippen molar-refractivity contribution in [2.75, 3.05) is 31.1 Å². The second kappa shape index (κ2) is 6.55. The predicted octanol–water partition coefficient (Wildman–Crippen LogP) is 3.46. The molecular formula is C17H25ClN2O. The van der Waals surface area contributed by atoms with Crippen molar-refractivity contribution in [3.63, 3.8) is 0 Å². The van der Waals surface area contributed by atoms with Crippen molar-refractivity contribution in [1.82, 2.24) is 4.90 Å². The summed E-state index contributed by atoms with van der Waals surface area (Å²) in [4.78, 5) is 5.09. The zero-order valence-electron chi connectivity index (χ0n) is 12.8. The fraction of sp³-hybridized carbons (Fsp3) is 0.647. The second-order valence-electron chi connectivity index (χ2n) is 6.37. The Kier molecular flexibility index (Phi) is 4.72. The molecule has 21 heavy (non-hydrogen) atoms.